The molecule has 142 valence electrons. The molecular weight excluding hydrogens is 342 g/mol. The van der Waals surface area contributed by atoms with Gasteiger partial charge in [-0.05, 0) is 42.7 Å². The molecule has 0 radical (unpaired) electrons. The Labute approximate surface area is 159 Å². The van der Waals surface area contributed by atoms with Crippen molar-refractivity contribution in [2.24, 2.45) is 0 Å². The summed E-state index contributed by atoms with van der Waals surface area (Å²) in [7, 11) is 1.64. The molecule has 5 heteroatoms. The zero-order chi connectivity index (χ0) is 19.1. The lowest BCUT2D eigenvalue weighted by molar-refractivity contribution is -0.135. The summed E-state index contributed by atoms with van der Waals surface area (Å²) in [6.45, 7) is 0.645. The van der Waals surface area contributed by atoms with Crippen LogP contribution in [-0.4, -0.2) is 37.4 Å². The number of ether oxygens (including phenoxy) is 2. The zero-order valence-electron chi connectivity index (χ0n) is 15.6. The van der Waals surface area contributed by atoms with E-state index in [1.165, 1.54) is 0 Å². The van der Waals surface area contributed by atoms with Crippen molar-refractivity contribution >= 4 is 12.2 Å². The van der Waals surface area contributed by atoms with Crippen molar-refractivity contribution in [3.8, 4) is 11.5 Å². The first-order chi connectivity index (χ1) is 13.2. The second-order valence-corrected chi connectivity index (χ2v) is 6.67. The molecule has 1 unspecified atom stereocenters. The molecule has 27 heavy (non-hydrogen) atoms. The highest BCUT2D eigenvalue weighted by atomic mass is 16.5. The summed E-state index contributed by atoms with van der Waals surface area (Å²) in [6, 6.07) is 14.9. The minimum absolute atomic E-state index is 0.0378. The third-order valence-corrected chi connectivity index (χ3v) is 4.97. The maximum atomic E-state index is 12.9. The predicted molar refractivity (Wildman–Crippen MR) is 103 cm³/mol. The summed E-state index contributed by atoms with van der Waals surface area (Å²) in [5.41, 5.74) is 1.56. The molecule has 5 nitrogen and oxygen atoms in total. The molecule has 1 aliphatic heterocycles. The molecule has 1 aliphatic rings. The van der Waals surface area contributed by atoms with E-state index in [2.05, 4.69) is 0 Å². The van der Waals surface area contributed by atoms with Crippen molar-refractivity contribution in [1.29, 1.82) is 0 Å². The van der Waals surface area contributed by atoms with Crippen LogP contribution in [0.5, 0.6) is 11.5 Å². The van der Waals surface area contributed by atoms with Crippen LogP contribution in [0.15, 0.2) is 48.5 Å². The molecule has 2 aromatic carbocycles. The van der Waals surface area contributed by atoms with Gasteiger partial charge < -0.3 is 14.4 Å². The van der Waals surface area contributed by atoms with Crippen molar-refractivity contribution in [1.82, 2.24) is 4.90 Å². The highest BCUT2D eigenvalue weighted by molar-refractivity contribution is 5.81. The van der Waals surface area contributed by atoms with Gasteiger partial charge in [-0.2, -0.15) is 0 Å². The van der Waals surface area contributed by atoms with Crippen molar-refractivity contribution in [2.45, 2.75) is 31.7 Å². The average molecular weight is 367 g/mol. The fourth-order valence-corrected chi connectivity index (χ4v) is 3.51. The molecule has 1 atom stereocenters. The summed E-state index contributed by atoms with van der Waals surface area (Å²) in [4.78, 5) is 26.0. The predicted octanol–water partition coefficient (Wildman–Crippen LogP) is 4.03. The molecular formula is C22H25NO4. The summed E-state index contributed by atoms with van der Waals surface area (Å²) < 4.78 is 10.9. The van der Waals surface area contributed by atoms with Gasteiger partial charge in [-0.1, -0.05) is 37.1 Å². The Kier molecular flexibility index (Phi) is 6.47. The lowest BCUT2D eigenvalue weighted by Gasteiger charge is -2.30. The molecule has 3 rings (SSSR count). The summed E-state index contributed by atoms with van der Waals surface area (Å²) in [6.07, 6.45) is 4.87. The summed E-state index contributed by atoms with van der Waals surface area (Å²) >= 11 is 0. The standard InChI is InChI=1S/C22H25NO4/c1-26-19-12-10-17(11-13-19)20-8-3-2-6-14-23(20)22(25)16-27-21-9-5-4-7-18(21)15-24/h4-5,7,9-13,15,20H,2-3,6,8,14,16H2,1H3. The molecule has 0 aromatic heterocycles. The van der Waals surface area contributed by atoms with Gasteiger partial charge in [0.15, 0.2) is 12.9 Å². The van der Waals surface area contributed by atoms with Crippen LogP contribution < -0.4 is 9.47 Å². The number of aldehydes is 1. The zero-order valence-corrected chi connectivity index (χ0v) is 15.6. The smallest absolute Gasteiger partial charge is 0.261 e. The highest BCUT2D eigenvalue weighted by Gasteiger charge is 2.27. The monoisotopic (exact) mass is 367 g/mol. The van der Waals surface area contributed by atoms with Gasteiger partial charge in [0, 0.05) is 6.54 Å². The number of amides is 1. The van der Waals surface area contributed by atoms with Gasteiger partial charge in [0.1, 0.15) is 11.5 Å². The van der Waals surface area contributed by atoms with Crippen LogP contribution in [0.1, 0.15) is 47.6 Å². The largest absolute Gasteiger partial charge is 0.497 e. The first-order valence-corrected chi connectivity index (χ1v) is 9.33. The Hall–Kier alpha value is -2.82. The SMILES string of the molecule is COc1ccc(C2CCCCCN2C(=O)COc2ccccc2C=O)cc1. The van der Waals surface area contributed by atoms with Crippen LogP contribution in [-0.2, 0) is 4.79 Å². The van der Waals surface area contributed by atoms with Crippen LogP contribution in [0, 0.1) is 0 Å². The molecule has 1 fully saturated rings. The Morgan fingerprint density at radius 3 is 2.63 bits per heavy atom. The second kappa shape index (κ2) is 9.21. The molecule has 0 bridgehead atoms. The van der Waals surface area contributed by atoms with Crippen molar-refractivity contribution in [2.75, 3.05) is 20.3 Å². The molecule has 1 amide bonds. The Balaban J connectivity index is 1.73. The first kappa shape index (κ1) is 19.0. The first-order valence-electron chi connectivity index (χ1n) is 9.33. The fraction of sp³-hybridized carbons (Fsp3) is 0.364. The average Bonchev–Trinajstić information content (AvgIpc) is 2.98. The molecule has 0 spiro atoms. The van der Waals surface area contributed by atoms with E-state index < -0.39 is 0 Å². The number of para-hydroxylation sites is 1. The van der Waals surface area contributed by atoms with E-state index in [0.29, 0.717) is 17.9 Å². The number of carbonyl (C=O) groups excluding carboxylic acids is 2. The fourth-order valence-electron chi connectivity index (χ4n) is 3.51. The number of nitrogens with zero attached hydrogens (tertiary/aromatic N) is 1. The maximum Gasteiger partial charge on any atom is 0.261 e. The molecule has 0 aliphatic carbocycles. The third kappa shape index (κ3) is 4.67. The molecule has 2 aromatic rings. The van der Waals surface area contributed by atoms with Crippen LogP contribution in [0.25, 0.3) is 0 Å². The Bertz CT molecular complexity index is 772. The van der Waals surface area contributed by atoms with Gasteiger partial charge >= 0.3 is 0 Å². The second-order valence-electron chi connectivity index (χ2n) is 6.67. The van der Waals surface area contributed by atoms with Crippen LogP contribution in [0.3, 0.4) is 0 Å². The van der Waals surface area contributed by atoms with Crippen LogP contribution in [0.2, 0.25) is 0 Å². The topological polar surface area (TPSA) is 55.8 Å². The normalized spacial score (nSPS) is 17.1. The number of carbonyl (C=O) groups is 2. The Morgan fingerprint density at radius 1 is 1.11 bits per heavy atom. The quantitative estimate of drug-likeness (QED) is 0.724. The van der Waals surface area contributed by atoms with Crippen molar-refractivity contribution in [3.05, 3.63) is 59.7 Å². The number of rotatable bonds is 6. The van der Waals surface area contributed by atoms with E-state index in [1.807, 2.05) is 29.2 Å². The molecule has 0 N–H and O–H groups in total. The van der Waals surface area contributed by atoms with E-state index >= 15 is 0 Å². The van der Waals surface area contributed by atoms with E-state index in [1.54, 1.807) is 31.4 Å². The maximum absolute atomic E-state index is 12.9. The van der Waals surface area contributed by atoms with Crippen molar-refractivity contribution < 1.29 is 19.1 Å². The van der Waals surface area contributed by atoms with Crippen LogP contribution >= 0.6 is 0 Å². The van der Waals surface area contributed by atoms with Crippen molar-refractivity contribution in [3.63, 3.8) is 0 Å². The minimum Gasteiger partial charge on any atom is -0.497 e. The van der Waals surface area contributed by atoms with Gasteiger partial charge in [0.2, 0.25) is 0 Å². The van der Waals surface area contributed by atoms with E-state index in [0.717, 1.165) is 43.3 Å². The number of likely N-dealkylation sites (tertiary alicyclic amines) is 1. The van der Waals surface area contributed by atoms with Gasteiger partial charge in [-0.15, -0.1) is 0 Å². The van der Waals surface area contributed by atoms with Gasteiger partial charge in [0.05, 0.1) is 18.7 Å². The number of hydrogen-bond donors (Lipinski definition) is 0. The van der Waals surface area contributed by atoms with Gasteiger partial charge in [0.25, 0.3) is 5.91 Å². The molecule has 1 heterocycles. The van der Waals surface area contributed by atoms with Gasteiger partial charge in [-0.25, -0.2) is 0 Å². The van der Waals surface area contributed by atoms with E-state index in [-0.39, 0.29) is 18.6 Å². The number of hydrogen-bond acceptors (Lipinski definition) is 4. The molecule has 1 saturated heterocycles. The van der Waals surface area contributed by atoms with E-state index in [9.17, 15) is 9.59 Å². The van der Waals surface area contributed by atoms with Gasteiger partial charge in [-0.3, -0.25) is 9.59 Å². The number of methoxy groups -OCH3 is 1. The summed E-state index contributed by atoms with van der Waals surface area (Å²) in [5.74, 6) is 1.19. The van der Waals surface area contributed by atoms with Crippen LogP contribution in [0.4, 0.5) is 0 Å². The lowest BCUT2D eigenvalue weighted by atomic mass is 10.0. The number of benzene rings is 2. The highest BCUT2D eigenvalue weighted by Crippen LogP contribution is 2.31. The lowest BCUT2D eigenvalue weighted by Crippen LogP contribution is -2.38. The summed E-state index contributed by atoms with van der Waals surface area (Å²) in [5, 5.41) is 0. The minimum atomic E-state index is -0.0719. The van der Waals surface area contributed by atoms with E-state index in [4.69, 9.17) is 9.47 Å². The third-order valence-electron chi connectivity index (χ3n) is 4.97. The molecule has 0 saturated carbocycles. The Morgan fingerprint density at radius 2 is 1.89 bits per heavy atom.